The molecule has 2 rings (SSSR count). The maximum Gasteiger partial charge on any atom is 0.354 e. The van der Waals surface area contributed by atoms with Crippen LogP contribution in [0.2, 0.25) is 0 Å². The van der Waals surface area contributed by atoms with Gasteiger partial charge in [0, 0.05) is 6.07 Å². The topological polar surface area (TPSA) is 98.3 Å². The van der Waals surface area contributed by atoms with Gasteiger partial charge in [0.25, 0.3) is 0 Å². The number of hydrogen-bond donors (Lipinski definition) is 2. The van der Waals surface area contributed by atoms with E-state index < -0.39 is 5.97 Å². The molecule has 0 bridgehead atoms. The summed E-state index contributed by atoms with van der Waals surface area (Å²) in [6, 6.07) is 8.36. The van der Waals surface area contributed by atoms with Crippen molar-refractivity contribution in [2.24, 2.45) is 0 Å². The number of carboxylic acids is 1. The first-order valence-corrected chi connectivity index (χ1v) is 5.72. The Hall–Kier alpha value is -2.63. The number of carboxylic acid groups (broad SMARTS) is 1. The fourth-order valence-corrected chi connectivity index (χ4v) is 1.63. The van der Waals surface area contributed by atoms with Gasteiger partial charge in [-0.2, -0.15) is 0 Å². The van der Waals surface area contributed by atoms with Gasteiger partial charge in [-0.3, -0.25) is 0 Å². The van der Waals surface area contributed by atoms with Crippen LogP contribution in [-0.2, 0) is 0 Å². The van der Waals surface area contributed by atoms with Gasteiger partial charge in [0.05, 0.1) is 12.2 Å². The molecule has 0 spiro atoms. The fourth-order valence-electron chi connectivity index (χ4n) is 1.63. The van der Waals surface area contributed by atoms with Crippen LogP contribution in [0, 0.1) is 0 Å². The second-order valence-corrected chi connectivity index (χ2v) is 3.74. The van der Waals surface area contributed by atoms with Crippen LogP contribution in [0.5, 0.6) is 5.75 Å². The Kier molecular flexibility index (Phi) is 3.61. The van der Waals surface area contributed by atoms with Gasteiger partial charge in [-0.1, -0.05) is 12.1 Å². The number of nitrogens with two attached hydrogens (primary N) is 1. The second-order valence-electron chi connectivity index (χ2n) is 3.74. The Morgan fingerprint density at radius 3 is 2.79 bits per heavy atom. The van der Waals surface area contributed by atoms with Crippen molar-refractivity contribution in [2.45, 2.75) is 6.92 Å². The molecule has 3 N–H and O–H groups in total. The summed E-state index contributed by atoms with van der Waals surface area (Å²) in [6.07, 6.45) is 0. The Balaban J connectivity index is 2.55. The minimum Gasteiger partial charge on any atom is -0.493 e. The molecule has 19 heavy (non-hydrogen) atoms. The van der Waals surface area contributed by atoms with Crippen molar-refractivity contribution in [3.63, 3.8) is 0 Å². The van der Waals surface area contributed by atoms with Gasteiger partial charge in [0.1, 0.15) is 11.6 Å². The van der Waals surface area contributed by atoms with E-state index in [1.54, 1.807) is 18.2 Å². The molecule has 0 unspecified atom stereocenters. The molecule has 98 valence electrons. The van der Waals surface area contributed by atoms with Gasteiger partial charge in [0.2, 0.25) is 0 Å². The van der Waals surface area contributed by atoms with Crippen molar-refractivity contribution in [1.82, 2.24) is 9.97 Å². The lowest BCUT2D eigenvalue weighted by atomic mass is 10.2. The number of benzene rings is 1. The molecule has 1 aromatic heterocycles. The Morgan fingerprint density at radius 2 is 2.11 bits per heavy atom. The standard InChI is InChI=1S/C13H13N3O3/c1-2-19-10-6-4-3-5-8(10)12-15-9(13(17)18)7-11(14)16-12/h3-7H,2H2,1H3,(H,17,18)(H2,14,15,16). The second kappa shape index (κ2) is 5.34. The average Bonchev–Trinajstić information content (AvgIpc) is 2.39. The van der Waals surface area contributed by atoms with E-state index in [9.17, 15) is 4.79 Å². The van der Waals surface area contributed by atoms with E-state index in [1.807, 2.05) is 13.0 Å². The molecular weight excluding hydrogens is 246 g/mol. The molecular formula is C13H13N3O3. The van der Waals surface area contributed by atoms with Crippen LogP contribution in [0.3, 0.4) is 0 Å². The Bertz CT molecular complexity index is 614. The van der Waals surface area contributed by atoms with E-state index in [-0.39, 0.29) is 17.3 Å². The van der Waals surface area contributed by atoms with Gasteiger partial charge in [-0.25, -0.2) is 14.8 Å². The summed E-state index contributed by atoms with van der Waals surface area (Å²) in [4.78, 5) is 19.0. The highest BCUT2D eigenvalue weighted by molar-refractivity contribution is 5.87. The smallest absolute Gasteiger partial charge is 0.354 e. The van der Waals surface area contributed by atoms with Gasteiger partial charge in [0.15, 0.2) is 11.5 Å². The summed E-state index contributed by atoms with van der Waals surface area (Å²) >= 11 is 0. The molecule has 0 radical (unpaired) electrons. The lowest BCUT2D eigenvalue weighted by Gasteiger charge is -2.09. The first kappa shape index (κ1) is 12.8. The van der Waals surface area contributed by atoms with E-state index in [2.05, 4.69) is 9.97 Å². The number of anilines is 1. The quantitative estimate of drug-likeness (QED) is 0.869. The van der Waals surface area contributed by atoms with Crippen molar-refractivity contribution >= 4 is 11.8 Å². The Labute approximate surface area is 109 Å². The monoisotopic (exact) mass is 259 g/mol. The summed E-state index contributed by atoms with van der Waals surface area (Å²) in [7, 11) is 0. The number of aromatic carboxylic acids is 1. The summed E-state index contributed by atoms with van der Waals surface area (Å²) in [5.41, 5.74) is 6.07. The highest BCUT2D eigenvalue weighted by Crippen LogP contribution is 2.27. The summed E-state index contributed by atoms with van der Waals surface area (Å²) in [5, 5.41) is 8.98. The van der Waals surface area contributed by atoms with Gasteiger partial charge in [-0.15, -0.1) is 0 Å². The largest absolute Gasteiger partial charge is 0.493 e. The molecule has 0 aliphatic carbocycles. The molecule has 0 fully saturated rings. The van der Waals surface area contributed by atoms with Crippen LogP contribution in [0.15, 0.2) is 30.3 Å². The van der Waals surface area contributed by atoms with Crippen LogP contribution in [0.4, 0.5) is 5.82 Å². The van der Waals surface area contributed by atoms with E-state index in [4.69, 9.17) is 15.6 Å². The number of nitrogen functional groups attached to an aromatic ring is 1. The third kappa shape index (κ3) is 2.79. The van der Waals surface area contributed by atoms with E-state index in [1.165, 1.54) is 6.07 Å². The molecule has 1 aromatic carbocycles. The van der Waals surface area contributed by atoms with Crippen molar-refractivity contribution in [2.75, 3.05) is 12.3 Å². The van der Waals surface area contributed by atoms with Crippen LogP contribution >= 0.6 is 0 Å². The van der Waals surface area contributed by atoms with Crippen LogP contribution in [0.1, 0.15) is 17.4 Å². The molecule has 2 aromatic rings. The first-order chi connectivity index (χ1) is 9.11. The van der Waals surface area contributed by atoms with Gasteiger partial charge in [-0.05, 0) is 19.1 Å². The molecule has 0 aliphatic heterocycles. The minimum atomic E-state index is -1.15. The molecule has 1 heterocycles. The van der Waals surface area contributed by atoms with Crippen molar-refractivity contribution in [1.29, 1.82) is 0 Å². The zero-order valence-electron chi connectivity index (χ0n) is 10.3. The summed E-state index contributed by atoms with van der Waals surface area (Å²) in [6.45, 7) is 2.35. The number of rotatable bonds is 4. The molecule has 0 amide bonds. The van der Waals surface area contributed by atoms with Crippen molar-refractivity contribution in [3.8, 4) is 17.1 Å². The maximum absolute atomic E-state index is 11.0. The van der Waals surface area contributed by atoms with Crippen molar-refractivity contribution < 1.29 is 14.6 Å². The van der Waals surface area contributed by atoms with E-state index >= 15 is 0 Å². The number of ether oxygens (including phenoxy) is 1. The molecule has 6 heteroatoms. The number of para-hydroxylation sites is 1. The number of aromatic nitrogens is 2. The maximum atomic E-state index is 11.0. The molecule has 0 saturated carbocycles. The van der Waals surface area contributed by atoms with E-state index in [0.29, 0.717) is 17.9 Å². The lowest BCUT2D eigenvalue weighted by molar-refractivity contribution is 0.0690. The van der Waals surface area contributed by atoms with Gasteiger partial charge >= 0.3 is 5.97 Å². The normalized spacial score (nSPS) is 10.2. The molecule has 6 nitrogen and oxygen atoms in total. The van der Waals surface area contributed by atoms with Crippen LogP contribution in [0.25, 0.3) is 11.4 Å². The number of hydrogen-bond acceptors (Lipinski definition) is 5. The fraction of sp³-hybridized carbons (Fsp3) is 0.154. The first-order valence-electron chi connectivity index (χ1n) is 5.72. The van der Waals surface area contributed by atoms with Crippen LogP contribution < -0.4 is 10.5 Å². The van der Waals surface area contributed by atoms with Gasteiger partial charge < -0.3 is 15.6 Å². The molecule has 0 saturated heterocycles. The van der Waals surface area contributed by atoms with E-state index in [0.717, 1.165) is 0 Å². The highest BCUT2D eigenvalue weighted by atomic mass is 16.5. The van der Waals surface area contributed by atoms with Crippen LogP contribution in [-0.4, -0.2) is 27.7 Å². The summed E-state index contributed by atoms with van der Waals surface area (Å²) < 4.78 is 5.46. The summed E-state index contributed by atoms with van der Waals surface area (Å²) in [5.74, 6) is -0.216. The zero-order valence-corrected chi connectivity index (χ0v) is 10.3. The average molecular weight is 259 g/mol. The third-order valence-corrected chi connectivity index (χ3v) is 2.39. The number of carbonyl (C=O) groups is 1. The Morgan fingerprint density at radius 1 is 1.37 bits per heavy atom. The SMILES string of the molecule is CCOc1ccccc1-c1nc(N)cc(C(=O)O)n1. The third-order valence-electron chi connectivity index (χ3n) is 2.39. The highest BCUT2D eigenvalue weighted by Gasteiger charge is 2.13. The molecule has 0 atom stereocenters. The lowest BCUT2D eigenvalue weighted by Crippen LogP contribution is -2.06. The van der Waals surface area contributed by atoms with Crippen molar-refractivity contribution in [3.05, 3.63) is 36.0 Å². The zero-order chi connectivity index (χ0) is 13.8. The minimum absolute atomic E-state index is 0.105. The predicted molar refractivity (Wildman–Crippen MR) is 70.0 cm³/mol. The number of nitrogens with zero attached hydrogens (tertiary/aromatic N) is 2. The predicted octanol–water partition coefficient (Wildman–Crippen LogP) is 1.82. The molecule has 0 aliphatic rings.